The minimum atomic E-state index is -5.07. The topological polar surface area (TPSA) is 79.0 Å². The third-order valence-electron chi connectivity index (χ3n) is 10.7. The van der Waals surface area contributed by atoms with E-state index in [1.807, 2.05) is 52.3 Å². The number of likely N-dealkylation sites (tertiary alicyclic amines) is 1. The molecule has 3 aromatic carbocycles. The Labute approximate surface area is 312 Å². The van der Waals surface area contributed by atoms with Gasteiger partial charge in [0.2, 0.25) is 5.91 Å². The monoisotopic (exact) mass is 733 g/mol. The Bertz CT molecular complexity index is 1640. The normalized spacial score (nSPS) is 15.8. The van der Waals surface area contributed by atoms with E-state index < -0.39 is 12.1 Å². The molecule has 1 N–H and O–H groups in total. The summed E-state index contributed by atoms with van der Waals surface area (Å²) in [5, 5.41) is 3.45. The Morgan fingerprint density at radius 2 is 1.49 bits per heavy atom. The van der Waals surface area contributed by atoms with Crippen molar-refractivity contribution in [2.75, 3.05) is 32.7 Å². The molecule has 7 nitrogen and oxygen atoms in total. The van der Waals surface area contributed by atoms with Gasteiger partial charge in [-0.05, 0) is 122 Å². The van der Waals surface area contributed by atoms with E-state index in [1.165, 1.54) is 44.2 Å². The number of alkyl halides is 3. The maximum absolute atomic E-state index is 13.6. The van der Waals surface area contributed by atoms with Gasteiger partial charge in [0, 0.05) is 38.2 Å². The van der Waals surface area contributed by atoms with Crippen molar-refractivity contribution in [3.05, 3.63) is 89.5 Å². The zero-order valence-electron chi connectivity index (χ0n) is 31.1. The molecule has 0 spiro atoms. The molecule has 2 fully saturated rings. The first-order valence-electron chi connectivity index (χ1n) is 19.3. The van der Waals surface area contributed by atoms with Crippen molar-refractivity contribution in [2.24, 2.45) is 17.8 Å². The van der Waals surface area contributed by atoms with Crippen LogP contribution in [0.4, 0.5) is 13.2 Å². The lowest BCUT2D eigenvalue weighted by molar-refractivity contribution is -0.189. The number of nitrogens with one attached hydrogen (secondary N) is 1. The number of esters is 1. The van der Waals surface area contributed by atoms with Crippen molar-refractivity contribution in [1.29, 1.82) is 0 Å². The highest BCUT2D eigenvalue weighted by molar-refractivity contribution is 5.95. The van der Waals surface area contributed by atoms with E-state index in [2.05, 4.69) is 30.0 Å². The van der Waals surface area contributed by atoms with Gasteiger partial charge in [-0.25, -0.2) is 4.79 Å². The standard InChI is InChI=1S/C43H54F3N3O4/c1-31(2)12-17-40(50)49(27-22-34-13-15-39(16-14-34)53-42(52)43(44,45)46)30-35-8-4-9-36(28-35)37-10-5-11-38(29-37)41(51)48-25-20-33(21-26-48)7-3-6-32-18-23-47-24-19-32/h4-5,8-11,13-16,28-29,31-33,47H,3,6-7,12,17-27,30H2,1-2H3. The quantitative estimate of drug-likeness (QED) is 0.125. The van der Waals surface area contributed by atoms with E-state index >= 15 is 0 Å². The summed E-state index contributed by atoms with van der Waals surface area (Å²) in [6.07, 6.45) is 5.17. The third-order valence-corrected chi connectivity index (χ3v) is 10.7. The summed E-state index contributed by atoms with van der Waals surface area (Å²) in [6.45, 7) is 8.85. The maximum atomic E-state index is 13.6. The molecule has 2 aliphatic heterocycles. The van der Waals surface area contributed by atoms with Gasteiger partial charge in [-0.1, -0.05) is 75.6 Å². The van der Waals surface area contributed by atoms with E-state index in [4.69, 9.17) is 0 Å². The van der Waals surface area contributed by atoms with Crippen molar-refractivity contribution < 1.29 is 32.3 Å². The molecule has 0 bridgehead atoms. The van der Waals surface area contributed by atoms with Crippen molar-refractivity contribution in [3.63, 3.8) is 0 Å². The predicted octanol–water partition coefficient (Wildman–Crippen LogP) is 8.85. The summed E-state index contributed by atoms with van der Waals surface area (Å²) >= 11 is 0. The van der Waals surface area contributed by atoms with Crippen LogP contribution in [0.3, 0.4) is 0 Å². The van der Waals surface area contributed by atoms with Gasteiger partial charge in [-0.3, -0.25) is 9.59 Å². The van der Waals surface area contributed by atoms with Gasteiger partial charge in [-0.2, -0.15) is 13.2 Å². The Morgan fingerprint density at radius 3 is 2.15 bits per heavy atom. The van der Waals surface area contributed by atoms with E-state index in [9.17, 15) is 27.6 Å². The molecule has 2 amide bonds. The molecular formula is C43H54F3N3O4. The number of nitrogens with zero attached hydrogens (tertiary/aromatic N) is 2. The van der Waals surface area contributed by atoms with Crippen LogP contribution < -0.4 is 10.1 Å². The highest BCUT2D eigenvalue weighted by atomic mass is 19.4. The number of benzene rings is 3. The van der Waals surface area contributed by atoms with Crippen LogP contribution in [0.2, 0.25) is 0 Å². The van der Waals surface area contributed by atoms with Gasteiger partial charge in [-0.15, -0.1) is 0 Å². The van der Waals surface area contributed by atoms with Crippen LogP contribution in [-0.4, -0.2) is 66.5 Å². The fraction of sp³-hybridized carbons (Fsp3) is 0.512. The molecule has 0 atom stereocenters. The van der Waals surface area contributed by atoms with E-state index in [-0.39, 0.29) is 17.6 Å². The Balaban J connectivity index is 1.18. The minimum absolute atomic E-state index is 0.0259. The highest BCUT2D eigenvalue weighted by Gasteiger charge is 2.41. The molecule has 2 heterocycles. The molecule has 0 unspecified atom stereocenters. The molecule has 0 saturated carbocycles. The van der Waals surface area contributed by atoms with Gasteiger partial charge in [0.15, 0.2) is 0 Å². The van der Waals surface area contributed by atoms with Crippen LogP contribution in [0.25, 0.3) is 11.1 Å². The summed E-state index contributed by atoms with van der Waals surface area (Å²) in [4.78, 5) is 42.0. The molecule has 2 saturated heterocycles. The second-order valence-corrected chi connectivity index (χ2v) is 15.2. The Hall–Kier alpha value is -4.18. The van der Waals surface area contributed by atoms with Gasteiger partial charge in [0.05, 0.1) is 0 Å². The Kier molecular flexibility index (Phi) is 14.5. The molecule has 53 heavy (non-hydrogen) atoms. The second kappa shape index (κ2) is 19.2. The fourth-order valence-corrected chi connectivity index (χ4v) is 7.39. The third kappa shape index (κ3) is 12.4. The number of hydrogen-bond donors (Lipinski definition) is 1. The number of rotatable bonds is 15. The largest absolute Gasteiger partial charge is 0.491 e. The smallest absolute Gasteiger partial charge is 0.420 e. The molecule has 5 rings (SSSR count). The van der Waals surface area contributed by atoms with Gasteiger partial charge in [0.25, 0.3) is 5.91 Å². The van der Waals surface area contributed by atoms with Gasteiger partial charge < -0.3 is 19.9 Å². The molecular weight excluding hydrogens is 679 g/mol. The molecule has 0 aromatic heterocycles. The molecule has 286 valence electrons. The van der Waals surface area contributed by atoms with Gasteiger partial charge in [0.1, 0.15) is 5.75 Å². The van der Waals surface area contributed by atoms with Crippen LogP contribution in [-0.2, 0) is 22.6 Å². The lowest BCUT2D eigenvalue weighted by Crippen LogP contribution is -2.38. The van der Waals surface area contributed by atoms with Crippen LogP contribution >= 0.6 is 0 Å². The molecule has 0 aliphatic carbocycles. The minimum Gasteiger partial charge on any atom is -0.420 e. The van der Waals surface area contributed by atoms with Crippen LogP contribution in [0.5, 0.6) is 5.75 Å². The Morgan fingerprint density at radius 1 is 0.849 bits per heavy atom. The van der Waals surface area contributed by atoms with Crippen molar-refractivity contribution >= 4 is 17.8 Å². The predicted molar refractivity (Wildman–Crippen MR) is 201 cm³/mol. The fourth-order valence-electron chi connectivity index (χ4n) is 7.39. The van der Waals surface area contributed by atoms with Gasteiger partial charge >= 0.3 is 12.1 Å². The van der Waals surface area contributed by atoms with Crippen molar-refractivity contribution in [1.82, 2.24) is 15.1 Å². The highest BCUT2D eigenvalue weighted by Crippen LogP contribution is 2.28. The lowest BCUT2D eigenvalue weighted by Gasteiger charge is -2.32. The summed E-state index contributed by atoms with van der Waals surface area (Å²) in [6, 6.07) is 21.7. The maximum Gasteiger partial charge on any atom is 0.491 e. The SMILES string of the molecule is CC(C)CCC(=O)N(CCc1ccc(OC(=O)C(F)(F)F)cc1)Cc1cccc(-c2cccc(C(=O)N3CCC(CCCC4CCNCC4)CC3)c2)c1. The number of carbonyl (C=O) groups excluding carboxylic acids is 3. The van der Waals surface area contributed by atoms with E-state index in [1.54, 1.807) is 12.1 Å². The lowest BCUT2D eigenvalue weighted by atomic mass is 9.87. The van der Waals surface area contributed by atoms with Crippen molar-refractivity contribution in [3.8, 4) is 16.9 Å². The van der Waals surface area contributed by atoms with E-state index in [0.717, 1.165) is 73.6 Å². The van der Waals surface area contributed by atoms with Crippen LogP contribution in [0.15, 0.2) is 72.8 Å². The average Bonchev–Trinajstić information content (AvgIpc) is 3.16. The number of carbonyl (C=O) groups is 3. The summed E-state index contributed by atoms with van der Waals surface area (Å²) in [5.41, 5.74) is 4.33. The number of amides is 2. The second-order valence-electron chi connectivity index (χ2n) is 15.2. The van der Waals surface area contributed by atoms with Crippen molar-refractivity contribution in [2.45, 2.75) is 90.8 Å². The van der Waals surface area contributed by atoms with E-state index in [0.29, 0.717) is 43.3 Å². The first kappa shape index (κ1) is 40.0. The average molecular weight is 734 g/mol. The number of hydrogen-bond acceptors (Lipinski definition) is 5. The van der Waals surface area contributed by atoms with Crippen LogP contribution in [0.1, 0.15) is 93.1 Å². The van der Waals surface area contributed by atoms with Crippen LogP contribution in [0, 0.1) is 17.8 Å². The molecule has 0 radical (unpaired) electrons. The summed E-state index contributed by atoms with van der Waals surface area (Å²) in [7, 11) is 0. The first-order valence-corrected chi connectivity index (χ1v) is 19.3. The molecule has 10 heteroatoms. The number of halogens is 3. The summed E-state index contributed by atoms with van der Waals surface area (Å²) < 4.78 is 42.2. The zero-order valence-corrected chi connectivity index (χ0v) is 31.1. The number of ether oxygens (including phenoxy) is 1. The zero-order chi connectivity index (χ0) is 37.8. The first-order chi connectivity index (χ1) is 25.4. The summed E-state index contributed by atoms with van der Waals surface area (Å²) in [5.74, 6) is -0.424. The molecule has 3 aromatic rings. The molecule has 2 aliphatic rings. The number of piperidine rings is 2.